The number of para-hydroxylation sites is 1. The highest BCUT2D eigenvalue weighted by Gasteiger charge is 2.25. The fraction of sp³-hybridized carbons (Fsp3) is 0.500. The van der Waals surface area contributed by atoms with Crippen molar-refractivity contribution in [1.82, 2.24) is 0 Å². The van der Waals surface area contributed by atoms with Crippen LogP contribution >= 0.6 is 23.2 Å². The average Bonchev–Trinajstić information content (AvgIpc) is 2.41. The maximum atomic E-state index is 11.8. The SMILES string of the molecule is O=C1CCCCC1Oc1ccccc1C(Cl)CCl. The second-order valence-corrected chi connectivity index (χ2v) is 5.31. The van der Waals surface area contributed by atoms with Crippen molar-refractivity contribution in [2.45, 2.75) is 37.2 Å². The van der Waals surface area contributed by atoms with Crippen LogP contribution in [0.1, 0.15) is 36.6 Å². The molecule has 0 spiro atoms. The Balaban J connectivity index is 2.15. The van der Waals surface area contributed by atoms with E-state index in [1.165, 1.54) is 0 Å². The smallest absolute Gasteiger partial charge is 0.173 e. The second kappa shape index (κ2) is 6.44. The largest absolute Gasteiger partial charge is 0.482 e. The van der Waals surface area contributed by atoms with Crippen LogP contribution in [0.25, 0.3) is 0 Å². The topological polar surface area (TPSA) is 26.3 Å². The standard InChI is InChI=1S/C14H16Cl2O2/c15-9-11(16)10-5-1-3-7-13(10)18-14-8-4-2-6-12(14)17/h1,3,5,7,11,14H,2,4,6,8-9H2. The number of ketones is 1. The van der Waals surface area contributed by atoms with Crippen LogP contribution in [-0.2, 0) is 4.79 Å². The number of benzene rings is 1. The van der Waals surface area contributed by atoms with Crippen LogP contribution in [0.2, 0.25) is 0 Å². The average molecular weight is 287 g/mol. The Bertz CT molecular complexity index is 420. The van der Waals surface area contributed by atoms with Crippen LogP contribution in [0.4, 0.5) is 0 Å². The van der Waals surface area contributed by atoms with Gasteiger partial charge in [-0.05, 0) is 25.3 Å². The summed E-state index contributed by atoms with van der Waals surface area (Å²) in [5.74, 6) is 1.19. The molecule has 0 aliphatic heterocycles. The van der Waals surface area contributed by atoms with E-state index in [0.717, 1.165) is 24.8 Å². The van der Waals surface area contributed by atoms with Crippen molar-refractivity contribution < 1.29 is 9.53 Å². The number of halogens is 2. The Morgan fingerprint density at radius 3 is 2.83 bits per heavy atom. The highest BCUT2D eigenvalue weighted by atomic mass is 35.5. The summed E-state index contributed by atoms with van der Waals surface area (Å²) < 4.78 is 5.83. The molecule has 2 atom stereocenters. The molecule has 1 aliphatic rings. The number of hydrogen-bond donors (Lipinski definition) is 0. The van der Waals surface area contributed by atoms with Crippen molar-refractivity contribution >= 4 is 29.0 Å². The molecule has 0 saturated heterocycles. The maximum absolute atomic E-state index is 11.8. The molecule has 0 N–H and O–H groups in total. The van der Waals surface area contributed by atoms with Crippen molar-refractivity contribution in [3.05, 3.63) is 29.8 Å². The molecule has 2 nitrogen and oxygen atoms in total. The lowest BCUT2D eigenvalue weighted by atomic mass is 9.96. The molecule has 1 saturated carbocycles. The van der Waals surface area contributed by atoms with Gasteiger partial charge in [0.15, 0.2) is 11.9 Å². The van der Waals surface area contributed by atoms with Gasteiger partial charge in [0.1, 0.15) is 5.75 Å². The Kier molecular flexibility index (Phi) is 4.90. The normalized spacial score (nSPS) is 21.7. The maximum Gasteiger partial charge on any atom is 0.173 e. The Labute approximate surface area is 117 Å². The highest BCUT2D eigenvalue weighted by Crippen LogP contribution is 2.32. The third-order valence-electron chi connectivity index (χ3n) is 3.16. The molecule has 0 bridgehead atoms. The molecule has 2 rings (SSSR count). The molecule has 2 unspecified atom stereocenters. The van der Waals surface area contributed by atoms with Crippen LogP contribution in [0.5, 0.6) is 5.75 Å². The van der Waals surface area contributed by atoms with Gasteiger partial charge in [0.05, 0.1) is 5.38 Å². The van der Waals surface area contributed by atoms with Gasteiger partial charge in [0, 0.05) is 17.9 Å². The first-order valence-electron chi connectivity index (χ1n) is 6.20. The van der Waals surface area contributed by atoms with Crippen molar-refractivity contribution in [2.75, 3.05) is 5.88 Å². The molecule has 4 heteroatoms. The summed E-state index contributed by atoms with van der Waals surface area (Å²) in [7, 11) is 0. The van der Waals surface area contributed by atoms with E-state index in [4.69, 9.17) is 27.9 Å². The van der Waals surface area contributed by atoms with E-state index in [1.807, 2.05) is 24.3 Å². The first-order valence-corrected chi connectivity index (χ1v) is 7.18. The van der Waals surface area contributed by atoms with Gasteiger partial charge in [-0.25, -0.2) is 0 Å². The molecule has 0 amide bonds. The third-order valence-corrected chi connectivity index (χ3v) is 4.02. The van der Waals surface area contributed by atoms with Crippen molar-refractivity contribution in [1.29, 1.82) is 0 Å². The van der Waals surface area contributed by atoms with Gasteiger partial charge in [-0.15, -0.1) is 23.2 Å². The quantitative estimate of drug-likeness (QED) is 0.779. The van der Waals surface area contributed by atoms with Crippen molar-refractivity contribution in [3.63, 3.8) is 0 Å². The minimum absolute atomic E-state index is 0.188. The van der Waals surface area contributed by atoms with E-state index in [1.54, 1.807) is 0 Å². The predicted octanol–water partition coefficient (Wildman–Crippen LogP) is 4.10. The third kappa shape index (κ3) is 3.18. The van der Waals surface area contributed by atoms with E-state index in [-0.39, 0.29) is 17.3 Å². The van der Waals surface area contributed by atoms with E-state index in [0.29, 0.717) is 18.1 Å². The summed E-state index contributed by atoms with van der Waals surface area (Å²) in [5.41, 5.74) is 0.854. The molecule has 1 aromatic rings. The molecule has 1 aromatic carbocycles. The molecule has 0 radical (unpaired) electrons. The molecular weight excluding hydrogens is 271 g/mol. The fourth-order valence-corrected chi connectivity index (χ4v) is 2.51. The summed E-state index contributed by atoms with van der Waals surface area (Å²) in [5, 5.41) is -0.290. The van der Waals surface area contributed by atoms with E-state index in [9.17, 15) is 4.79 Å². The molecule has 0 heterocycles. The number of Topliss-reactive ketones (excluding diaryl/α,β-unsaturated/α-hetero) is 1. The summed E-state index contributed by atoms with van der Waals surface area (Å²) in [4.78, 5) is 11.8. The number of carbonyl (C=O) groups excluding carboxylic acids is 1. The molecule has 1 fully saturated rings. The molecule has 0 aromatic heterocycles. The number of carbonyl (C=O) groups is 1. The lowest BCUT2D eigenvalue weighted by Gasteiger charge is -2.23. The van der Waals surface area contributed by atoms with E-state index < -0.39 is 0 Å². The summed E-state index contributed by atoms with van der Waals surface area (Å²) in [6, 6.07) is 7.51. The predicted molar refractivity (Wildman–Crippen MR) is 73.6 cm³/mol. The summed E-state index contributed by atoms with van der Waals surface area (Å²) in [6.07, 6.45) is 3.10. The molecular formula is C14H16Cl2O2. The Morgan fingerprint density at radius 1 is 1.33 bits per heavy atom. The lowest BCUT2D eigenvalue weighted by molar-refractivity contribution is -0.127. The van der Waals surface area contributed by atoms with Gasteiger partial charge in [-0.3, -0.25) is 4.79 Å². The molecule has 1 aliphatic carbocycles. The van der Waals surface area contributed by atoms with Crippen LogP contribution in [0.3, 0.4) is 0 Å². The lowest BCUT2D eigenvalue weighted by Crippen LogP contribution is -2.30. The van der Waals surface area contributed by atoms with E-state index >= 15 is 0 Å². The zero-order valence-corrected chi connectivity index (χ0v) is 11.6. The number of ether oxygens (including phenoxy) is 1. The van der Waals surface area contributed by atoms with Gasteiger partial charge < -0.3 is 4.74 Å². The van der Waals surface area contributed by atoms with Gasteiger partial charge in [0.25, 0.3) is 0 Å². The molecule has 98 valence electrons. The van der Waals surface area contributed by atoms with Gasteiger partial charge >= 0.3 is 0 Å². The Morgan fingerprint density at radius 2 is 2.11 bits per heavy atom. The minimum Gasteiger partial charge on any atom is -0.482 e. The van der Waals surface area contributed by atoms with Gasteiger partial charge in [-0.1, -0.05) is 18.2 Å². The highest BCUT2D eigenvalue weighted by molar-refractivity contribution is 6.28. The van der Waals surface area contributed by atoms with Crippen molar-refractivity contribution in [2.24, 2.45) is 0 Å². The van der Waals surface area contributed by atoms with Gasteiger partial charge in [-0.2, -0.15) is 0 Å². The van der Waals surface area contributed by atoms with Crippen LogP contribution < -0.4 is 4.74 Å². The van der Waals surface area contributed by atoms with Crippen molar-refractivity contribution in [3.8, 4) is 5.75 Å². The first kappa shape index (κ1) is 13.7. The van der Waals surface area contributed by atoms with E-state index in [2.05, 4.69) is 0 Å². The first-order chi connectivity index (χ1) is 8.72. The monoisotopic (exact) mass is 286 g/mol. The minimum atomic E-state index is -0.320. The second-order valence-electron chi connectivity index (χ2n) is 4.48. The van der Waals surface area contributed by atoms with Crippen LogP contribution in [0.15, 0.2) is 24.3 Å². The number of alkyl halides is 2. The Hall–Kier alpha value is -0.730. The number of hydrogen-bond acceptors (Lipinski definition) is 2. The molecule has 18 heavy (non-hydrogen) atoms. The summed E-state index contributed by atoms with van der Waals surface area (Å²) in [6.45, 7) is 0. The van der Waals surface area contributed by atoms with Gasteiger partial charge in [0.2, 0.25) is 0 Å². The van der Waals surface area contributed by atoms with Crippen LogP contribution in [0, 0.1) is 0 Å². The summed E-state index contributed by atoms with van der Waals surface area (Å²) >= 11 is 11.9. The fourth-order valence-electron chi connectivity index (χ4n) is 2.16. The number of rotatable bonds is 4. The van der Waals surface area contributed by atoms with Crippen LogP contribution in [-0.4, -0.2) is 17.8 Å². The zero-order valence-electron chi connectivity index (χ0n) is 10.1. The zero-order chi connectivity index (χ0) is 13.0.